The molecular weight excluding hydrogens is 1060 g/mol. The van der Waals surface area contributed by atoms with Gasteiger partial charge in [0.1, 0.15) is 13.2 Å². The van der Waals surface area contributed by atoms with Crippen LogP contribution in [0.25, 0.3) is 0 Å². The highest BCUT2D eigenvalue weighted by Gasteiger charge is 3.23. The highest BCUT2D eigenvalue weighted by atomic mass is 19.4. The molecule has 4 bridgehead atoms. The predicted molar refractivity (Wildman–Crippen MR) is 146 cm³/mol. The molecule has 0 heterocycles. The molecule has 396 valence electrons. The Morgan fingerprint density at radius 2 is 0.632 bits per heavy atom. The van der Waals surface area contributed by atoms with Gasteiger partial charge in [-0.2, -0.15) is 132 Å². The number of hydrogen-bond donors (Lipinski definition) is 0. The highest BCUT2D eigenvalue weighted by molar-refractivity contribution is 5.81. The molecular formula is C30H16F32O6. The maximum absolute atomic E-state index is 16.9. The molecule has 0 saturated heterocycles. The van der Waals surface area contributed by atoms with Crippen molar-refractivity contribution in [3.05, 3.63) is 25.3 Å². The van der Waals surface area contributed by atoms with Gasteiger partial charge in [-0.15, -0.1) is 0 Å². The summed E-state index contributed by atoms with van der Waals surface area (Å²) in [4.78, 5) is 23.1. The average Bonchev–Trinajstić information content (AvgIpc) is 3.14. The minimum absolute atomic E-state index is 0.426. The lowest BCUT2D eigenvalue weighted by Crippen LogP contribution is -3.11. The quantitative estimate of drug-likeness (QED) is 0.0774. The highest BCUT2D eigenvalue weighted by Crippen LogP contribution is 2.89. The van der Waals surface area contributed by atoms with E-state index in [4.69, 9.17) is 0 Å². The number of ether oxygens (including phenoxy) is 4. The van der Waals surface area contributed by atoms with Gasteiger partial charge in [-0.05, 0) is 0 Å². The van der Waals surface area contributed by atoms with Crippen LogP contribution in [0.5, 0.6) is 0 Å². The first-order chi connectivity index (χ1) is 29.6. The lowest BCUT2D eigenvalue weighted by Gasteiger charge is -2.76. The van der Waals surface area contributed by atoms with Crippen molar-refractivity contribution in [2.45, 2.75) is 131 Å². The summed E-state index contributed by atoms with van der Waals surface area (Å²) >= 11 is 0. The van der Waals surface area contributed by atoms with Gasteiger partial charge in [0, 0.05) is 25.0 Å². The van der Waals surface area contributed by atoms with Gasteiger partial charge in [-0.1, -0.05) is 13.2 Å². The number of carbonyl (C=O) groups excluding carboxylic acids is 2. The summed E-state index contributed by atoms with van der Waals surface area (Å²) in [5.41, 5.74) is -35.3. The molecule has 0 aromatic carbocycles. The van der Waals surface area contributed by atoms with E-state index >= 15 is 61.5 Å². The standard InChI is InChI=1S/C30H16F32O6/c1-3-11(63)65-7-9(5-13(31,32)19(37,38)27(53,54)29(57,58)59)67-17-22(43,44)15(35)21(41,42)16(36,23(17,45)46)25(49,50)18(24(15,47)48,26(17,51)52)68-10(8-66-12(64)4-2)6-14(33,34)20(39,40)28(55,56)30(60,61)62/h3-4,9-10H,1-2,5-8H2. The molecule has 4 rings (SSSR count). The summed E-state index contributed by atoms with van der Waals surface area (Å²) in [6, 6.07) is 0. The smallest absolute Gasteiger partial charge is 0.460 e. The van der Waals surface area contributed by atoms with Crippen molar-refractivity contribution in [3.8, 4) is 0 Å². The summed E-state index contributed by atoms with van der Waals surface area (Å²) in [5, 5.41) is 0. The van der Waals surface area contributed by atoms with E-state index in [0.717, 1.165) is 0 Å². The topological polar surface area (TPSA) is 71.1 Å². The van der Waals surface area contributed by atoms with Crippen LogP contribution in [0.1, 0.15) is 12.8 Å². The van der Waals surface area contributed by atoms with Gasteiger partial charge in [0.25, 0.3) is 11.2 Å². The van der Waals surface area contributed by atoms with E-state index in [1.54, 1.807) is 0 Å². The summed E-state index contributed by atoms with van der Waals surface area (Å²) in [6.45, 7) is -2.01. The Labute approximate surface area is 351 Å². The van der Waals surface area contributed by atoms with Crippen molar-refractivity contribution in [2.24, 2.45) is 0 Å². The van der Waals surface area contributed by atoms with Crippen molar-refractivity contribution >= 4 is 11.9 Å². The Morgan fingerprint density at radius 3 is 0.838 bits per heavy atom. The second kappa shape index (κ2) is 15.3. The Bertz CT molecular complexity index is 1830. The molecule has 4 aliphatic carbocycles. The second-order valence-corrected chi connectivity index (χ2v) is 14.4. The van der Waals surface area contributed by atoms with Gasteiger partial charge in [-0.3, -0.25) is 0 Å². The normalized spacial score (nSPS) is 30.6. The number of hydrogen-bond acceptors (Lipinski definition) is 6. The molecule has 4 fully saturated rings. The third-order valence-electron chi connectivity index (χ3n) is 10.5. The van der Waals surface area contributed by atoms with Crippen LogP contribution in [-0.2, 0) is 28.5 Å². The molecule has 38 heteroatoms. The zero-order valence-corrected chi connectivity index (χ0v) is 31.1. The summed E-state index contributed by atoms with van der Waals surface area (Å²) in [6.07, 6.45) is -36.6. The predicted octanol–water partition coefficient (Wildman–Crippen LogP) is 10.7. The fourth-order valence-corrected chi connectivity index (χ4v) is 7.15. The minimum Gasteiger partial charge on any atom is -0.460 e. The molecule has 4 saturated carbocycles. The Balaban J connectivity index is 2.64. The van der Waals surface area contributed by atoms with Crippen LogP contribution in [0, 0.1) is 0 Å². The molecule has 4 aliphatic rings. The van der Waals surface area contributed by atoms with Crippen LogP contribution >= 0.6 is 0 Å². The molecule has 0 aromatic rings. The van der Waals surface area contributed by atoms with Gasteiger partial charge < -0.3 is 18.9 Å². The number of rotatable bonds is 18. The SMILES string of the molecule is C=CC(=O)OCC(CC(F)(F)C(F)(F)C(F)(F)C(F)(F)F)OC12C(F)(F)C3(F)C(F)(F)C(F)(C1(F)F)C(F)(F)C(OC(COC(=O)C=C)CC(F)(F)C(F)(F)C(F)(F)C(F)(F)F)(C3(F)F)C2(F)F. The van der Waals surface area contributed by atoms with Crippen molar-refractivity contribution in [2.75, 3.05) is 13.2 Å². The minimum atomic E-state index is -9.06. The van der Waals surface area contributed by atoms with E-state index in [2.05, 4.69) is 32.1 Å². The third-order valence-corrected chi connectivity index (χ3v) is 10.5. The van der Waals surface area contributed by atoms with E-state index in [0.29, 0.717) is 0 Å². The monoisotopic (exact) mass is 1080 g/mol. The lowest BCUT2D eigenvalue weighted by atomic mass is 9.39. The van der Waals surface area contributed by atoms with Crippen LogP contribution in [0.2, 0.25) is 0 Å². The van der Waals surface area contributed by atoms with Gasteiger partial charge in [0.15, 0.2) is 0 Å². The first kappa shape index (κ1) is 58.4. The maximum atomic E-state index is 16.9. The molecule has 0 aliphatic heterocycles. The fourth-order valence-electron chi connectivity index (χ4n) is 7.15. The molecule has 68 heavy (non-hydrogen) atoms. The van der Waals surface area contributed by atoms with E-state index in [1.165, 1.54) is 0 Å². The van der Waals surface area contributed by atoms with E-state index < -0.39 is 168 Å². The zero-order valence-electron chi connectivity index (χ0n) is 31.1. The summed E-state index contributed by atoms with van der Waals surface area (Å²) in [5.74, 6) is -108. The second-order valence-electron chi connectivity index (χ2n) is 14.4. The number of halogens is 32. The first-order valence-electron chi connectivity index (χ1n) is 16.6. The van der Waals surface area contributed by atoms with Crippen LogP contribution < -0.4 is 0 Å². The molecule has 0 aromatic heterocycles. The lowest BCUT2D eigenvalue weighted by molar-refractivity contribution is -0.634. The summed E-state index contributed by atoms with van der Waals surface area (Å²) in [7, 11) is 0. The maximum Gasteiger partial charge on any atom is 0.460 e. The average molecular weight is 1080 g/mol. The Kier molecular flexibility index (Phi) is 13.1. The van der Waals surface area contributed by atoms with Crippen molar-refractivity contribution in [1.82, 2.24) is 0 Å². The number of alkyl halides is 32. The van der Waals surface area contributed by atoms with Crippen molar-refractivity contribution < 1.29 is 169 Å². The number of carbonyl (C=O) groups is 2. The van der Waals surface area contributed by atoms with Crippen LogP contribution in [0.4, 0.5) is 140 Å². The van der Waals surface area contributed by atoms with E-state index in [9.17, 15) is 88.6 Å². The van der Waals surface area contributed by atoms with Crippen LogP contribution in [0.15, 0.2) is 25.3 Å². The van der Waals surface area contributed by atoms with Crippen molar-refractivity contribution in [3.63, 3.8) is 0 Å². The Morgan fingerprint density at radius 1 is 0.397 bits per heavy atom. The molecule has 0 N–H and O–H groups in total. The van der Waals surface area contributed by atoms with Crippen LogP contribution in [-0.4, -0.2) is 143 Å². The molecule has 0 spiro atoms. The third kappa shape index (κ3) is 6.28. The van der Waals surface area contributed by atoms with Gasteiger partial charge in [0.05, 0.1) is 12.2 Å². The number of esters is 2. The Hall–Kier alpha value is -3.90. The van der Waals surface area contributed by atoms with Gasteiger partial charge >= 0.3 is 107 Å². The first-order valence-corrected chi connectivity index (χ1v) is 16.6. The summed E-state index contributed by atoms with van der Waals surface area (Å²) < 4.78 is 487. The van der Waals surface area contributed by atoms with Crippen molar-refractivity contribution in [1.29, 1.82) is 0 Å². The molecule has 6 nitrogen and oxygen atoms in total. The van der Waals surface area contributed by atoms with Gasteiger partial charge in [-0.25, -0.2) is 18.4 Å². The molecule has 0 amide bonds. The molecule has 0 radical (unpaired) electrons. The van der Waals surface area contributed by atoms with E-state index in [-0.39, 0.29) is 0 Å². The van der Waals surface area contributed by atoms with Crippen LogP contribution in [0.3, 0.4) is 0 Å². The fraction of sp³-hybridized carbons (Fsp3) is 0.800. The zero-order chi connectivity index (χ0) is 54.4. The van der Waals surface area contributed by atoms with E-state index in [1.807, 2.05) is 0 Å². The molecule has 2 unspecified atom stereocenters. The van der Waals surface area contributed by atoms with Gasteiger partial charge in [0.2, 0.25) is 0 Å². The molecule has 2 atom stereocenters. The largest absolute Gasteiger partial charge is 0.460 e.